The van der Waals surface area contributed by atoms with Crippen molar-refractivity contribution in [3.8, 4) is 44.8 Å². The number of hydrogen-bond donors (Lipinski definition) is 0. The molecule has 0 spiro atoms. The number of furan rings is 1. The van der Waals surface area contributed by atoms with Gasteiger partial charge in [-0.05, 0) is 196 Å². The summed E-state index contributed by atoms with van der Waals surface area (Å²) in [6, 6.07) is 76.6. The van der Waals surface area contributed by atoms with E-state index in [2.05, 4.69) is 331 Å². The highest BCUT2D eigenvalue weighted by atomic mass is 16.3. The molecular weight excluding hydrogens is 1260 g/mol. The van der Waals surface area contributed by atoms with Gasteiger partial charge in [0, 0.05) is 55.2 Å². The Hall–Kier alpha value is -11.1. The molecule has 512 valence electrons. The van der Waals surface area contributed by atoms with E-state index >= 15 is 0 Å². The fourth-order valence-electron chi connectivity index (χ4n) is 16.3. The Labute approximate surface area is 623 Å². The number of benzene rings is 13. The van der Waals surface area contributed by atoms with E-state index in [9.17, 15) is 8.22 Å². The zero-order valence-corrected chi connectivity index (χ0v) is 62.1. The number of rotatable bonds is 7. The van der Waals surface area contributed by atoms with Crippen LogP contribution in [0.5, 0.6) is 0 Å². The Kier molecular flexibility index (Phi) is 12.6. The predicted octanol–water partition coefficient (Wildman–Crippen LogP) is 28.0. The Balaban J connectivity index is 0.979. The summed E-state index contributed by atoms with van der Waals surface area (Å²) in [6.45, 7) is 34.1. The summed E-state index contributed by atoms with van der Waals surface area (Å²) < 4.78 is 87.1. The van der Waals surface area contributed by atoms with Crippen molar-refractivity contribution in [2.24, 2.45) is 0 Å². The van der Waals surface area contributed by atoms with Crippen LogP contribution in [0.1, 0.15) is 165 Å². The molecule has 0 fully saturated rings. The van der Waals surface area contributed by atoms with Gasteiger partial charge >= 0.3 is 0 Å². The molecule has 5 heteroatoms. The van der Waals surface area contributed by atoms with Crippen LogP contribution < -0.4 is 9.80 Å². The zero-order chi connectivity index (χ0) is 78.8. The van der Waals surface area contributed by atoms with E-state index in [4.69, 9.17) is 7.16 Å². The first-order valence-electron chi connectivity index (χ1n) is 40.6. The molecule has 0 saturated carbocycles. The average molecular weight is 1360 g/mol. The zero-order valence-electron chi connectivity index (χ0n) is 70.1. The van der Waals surface area contributed by atoms with Gasteiger partial charge in [-0.25, -0.2) is 0 Å². The summed E-state index contributed by atoms with van der Waals surface area (Å²) in [5.74, 6) is -0.460. The fraction of sp³-hybridized carbons (Fsp3) is 0.212. The van der Waals surface area contributed by atoms with E-state index in [0.717, 1.165) is 128 Å². The third kappa shape index (κ3) is 10.5. The first kappa shape index (κ1) is 56.4. The second-order valence-corrected chi connectivity index (χ2v) is 34.1. The smallest absolute Gasteiger partial charge is 0.159 e. The van der Waals surface area contributed by atoms with Crippen molar-refractivity contribution in [3.63, 3.8) is 0 Å². The molecule has 0 N–H and O–H groups in total. The third-order valence-corrected chi connectivity index (χ3v) is 22.1. The van der Waals surface area contributed by atoms with Crippen molar-refractivity contribution < 1.29 is 15.4 Å². The first-order chi connectivity index (χ1) is 53.0. The van der Waals surface area contributed by atoms with Gasteiger partial charge in [0.2, 0.25) is 0 Å². The second-order valence-electron chi connectivity index (χ2n) is 34.1. The van der Waals surface area contributed by atoms with E-state index in [1.54, 1.807) is 4.57 Å². The number of nitrogens with zero attached hydrogens (tertiary/aromatic N) is 4. The van der Waals surface area contributed by atoms with E-state index in [1.807, 2.05) is 6.07 Å². The molecule has 2 aliphatic heterocycles. The van der Waals surface area contributed by atoms with Crippen LogP contribution in [0.2, 0.25) is 0 Å². The summed E-state index contributed by atoms with van der Waals surface area (Å²) in [5, 5.41) is 4.16. The molecule has 0 saturated heterocycles. The van der Waals surface area contributed by atoms with E-state index in [0.29, 0.717) is 16.9 Å². The van der Waals surface area contributed by atoms with Crippen LogP contribution in [0.15, 0.2) is 271 Å². The molecule has 0 bridgehead atoms. The summed E-state index contributed by atoms with van der Waals surface area (Å²) in [5.41, 5.74) is 24.7. The quantitative estimate of drug-likeness (QED) is 0.159. The number of fused-ring (bicyclic) bond motifs is 13. The minimum Gasteiger partial charge on any atom is -0.452 e. The molecule has 0 aliphatic carbocycles. The Morgan fingerprint density at radius 1 is 0.279 bits per heavy atom. The van der Waals surface area contributed by atoms with Crippen LogP contribution in [0, 0.1) is 0 Å². The van der Waals surface area contributed by atoms with Gasteiger partial charge in [-0.2, -0.15) is 0 Å². The van der Waals surface area contributed by atoms with Crippen molar-refractivity contribution in [2.45, 2.75) is 137 Å². The molecule has 3 aromatic heterocycles. The number of aromatic nitrogens is 2. The van der Waals surface area contributed by atoms with Gasteiger partial charge < -0.3 is 23.4 Å². The largest absolute Gasteiger partial charge is 0.452 e. The minimum atomic E-state index is -0.500. The molecule has 0 radical (unpaired) electrons. The lowest BCUT2D eigenvalue weighted by atomic mass is 9.73. The molecule has 0 amide bonds. The topological polar surface area (TPSA) is 29.5 Å². The first-order valence-corrected chi connectivity index (χ1v) is 36.6. The van der Waals surface area contributed by atoms with Gasteiger partial charge in [0.25, 0.3) is 0 Å². The van der Waals surface area contributed by atoms with E-state index in [-0.39, 0.29) is 55.6 Å². The second kappa shape index (κ2) is 23.2. The number of anilines is 6. The molecule has 16 aromatic rings. The summed E-state index contributed by atoms with van der Waals surface area (Å²) in [7, 11) is 0. The van der Waals surface area contributed by atoms with Crippen LogP contribution in [0.25, 0.3) is 110 Å². The summed E-state index contributed by atoms with van der Waals surface area (Å²) in [4.78, 5) is 4.86. The maximum Gasteiger partial charge on any atom is 0.159 e. The van der Waals surface area contributed by atoms with Gasteiger partial charge in [-0.15, -0.1) is 0 Å². The van der Waals surface area contributed by atoms with E-state index in [1.165, 1.54) is 22.3 Å². The monoisotopic (exact) mass is 1360 g/mol. The highest BCUT2D eigenvalue weighted by molar-refractivity contribution is 6.16. The van der Waals surface area contributed by atoms with Crippen molar-refractivity contribution in [3.05, 3.63) is 311 Å². The van der Waals surface area contributed by atoms with Gasteiger partial charge in [-0.1, -0.05) is 274 Å². The van der Waals surface area contributed by atoms with Crippen LogP contribution >= 0.6 is 0 Å². The Morgan fingerprint density at radius 3 is 1.27 bits per heavy atom. The SMILES string of the molecule is [2H]c1c([2H])c([2H])c2c(c1[2H])c1c([2H])c([2H])c([2H])c([2H])c1n2-c1ccc2c(c1)N(c1cccc3c1oc1c(-n4c5ccc(C(C)(C)C)cc5c5cc(C(C)(C)C)ccc54)cccc13)c1cc(C(C)(C)C)cc3c1C2c1ccc(-c2cc(C(C)(C)C)cc(C(C)(C)C)c2)cc1N3c1cc(-c2ccccc2)cc(-c2ccccc2)c1. The van der Waals surface area contributed by atoms with Crippen LogP contribution in [0.3, 0.4) is 0 Å². The molecule has 5 heterocycles. The average Bonchev–Trinajstić information content (AvgIpc) is 0.993. The van der Waals surface area contributed by atoms with Crippen molar-refractivity contribution in [2.75, 3.05) is 9.80 Å². The lowest BCUT2D eigenvalue weighted by molar-refractivity contribution is 0.569. The van der Waals surface area contributed by atoms with Crippen LogP contribution in [0.4, 0.5) is 34.1 Å². The number of hydrogen-bond acceptors (Lipinski definition) is 3. The fourth-order valence-corrected chi connectivity index (χ4v) is 16.3. The van der Waals surface area contributed by atoms with Crippen LogP contribution in [-0.4, -0.2) is 9.13 Å². The lowest BCUT2D eigenvalue weighted by Gasteiger charge is -2.46. The number of para-hydroxylation sites is 4. The maximum atomic E-state index is 9.80. The van der Waals surface area contributed by atoms with Crippen molar-refractivity contribution in [1.29, 1.82) is 0 Å². The van der Waals surface area contributed by atoms with Gasteiger partial charge in [-0.3, -0.25) is 0 Å². The lowest BCUT2D eigenvalue weighted by Crippen LogP contribution is -2.30. The molecule has 104 heavy (non-hydrogen) atoms. The molecular formula is C99H90N4O. The molecule has 13 aromatic carbocycles. The molecule has 5 nitrogen and oxygen atoms in total. The molecule has 1 unspecified atom stereocenters. The van der Waals surface area contributed by atoms with Gasteiger partial charge in [0.1, 0.15) is 0 Å². The highest BCUT2D eigenvalue weighted by Gasteiger charge is 2.44. The predicted molar refractivity (Wildman–Crippen MR) is 443 cm³/mol. The normalized spacial score (nSPS) is 15.2. The van der Waals surface area contributed by atoms with E-state index < -0.39 is 47.6 Å². The Bertz CT molecular complexity index is 6470. The Morgan fingerprint density at radius 2 is 0.740 bits per heavy atom. The van der Waals surface area contributed by atoms with Crippen molar-refractivity contribution >= 4 is 99.7 Å². The molecule has 2 aliphatic rings. The summed E-state index contributed by atoms with van der Waals surface area (Å²) >= 11 is 0. The van der Waals surface area contributed by atoms with Crippen molar-refractivity contribution in [1.82, 2.24) is 9.13 Å². The minimum absolute atomic E-state index is 0.00859. The highest BCUT2D eigenvalue weighted by Crippen LogP contribution is 2.63. The third-order valence-electron chi connectivity index (χ3n) is 22.1. The molecule has 1 atom stereocenters. The maximum absolute atomic E-state index is 9.80. The standard InChI is InChI=1S/C99H90N4O/c1-95(2,3)66-41-46-83-79(55-66)80-56-67(96(4,5)6)42-47-84(80)102(83)85-38-26-34-75-76-35-27-39-86(94(76)104-93(75)85)103-88-59-71(100-81-36-24-22-32-73(81)74-33-23-25-37-82(74)100)43-45-78(88)91-77-44-40-62(65-49-68(97(7,8)9)54-69(50-65)98(10,11)12)53-87(77)101(89-57-70(99(13,14)15)58-90(103)92(89)91)72-51-63(60-28-18-16-19-29-60)48-64(52-72)61-30-20-17-21-31-61/h16-59,91H,1-15H3/i22D,23D,24D,25D,32D,33D,36D,37D. The molecule has 18 rings (SSSR count). The van der Waals surface area contributed by atoms with Gasteiger partial charge in [0.15, 0.2) is 11.2 Å². The van der Waals surface area contributed by atoms with Crippen LogP contribution in [-0.2, 0) is 27.1 Å². The van der Waals surface area contributed by atoms with Gasteiger partial charge in [0.05, 0.1) is 67.2 Å². The summed E-state index contributed by atoms with van der Waals surface area (Å²) in [6.07, 6.45) is 0.